The molecule has 2 rings (SSSR count). The van der Waals surface area contributed by atoms with E-state index in [0.717, 1.165) is 38.5 Å². The molecule has 1 aromatic rings. The second-order valence-corrected chi connectivity index (χ2v) is 12.0. The zero-order valence-corrected chi connectivity index (χ0v) is 23.0. The summed E-state index contributed by atoms with van der Waals surface area (Å²) in [6, 6.07) is 6.90. The van der Waals surface area contributed by atoms with Crippen molar-refractivity contribution in [2.24, 2.45) is 5.41 Å². The molecule has 1 heterocycles. The lowest BCUT2D eigenvalue weighted by Crippen LogP contribution is -2.35. The Balaban J connectivity index is 2.17. The van der Waals surface area contributed by atoms with Crippen molar-refractivity contribution in [2.45, 2.75) is 117 Å². The van der Waals surface area contributed by atoms with Crippen LogP contribution in [0.15, 0.2) is 28.7 Å². The number of aliphatic hydroxyl groups excluding tert-OH is 1. The molecule has 2 atom stereocenters. The normalized spacial score (nSPS) is 18.0. The fourth-order valence-electron chi connectivity index (χ4n) is 5.04. The Labute approximate surface area is 206 Å². The molecule has 3 nitrogen and oxygen atoms in total. The van der Waals surface area contributed by atoms with Gasteiger partial charge in [0.15, 0.2) is 0 Å². The summed E-state index contributed by atoms with van der Waals surface area (Å²) in [5, 5.41) is 11.1. The highest BCUT2D eigenvalue weighted by Gasteiger charge is 2.41. The Morgan fingerprint density at radius 3 is 2.36 bits per heavy atom. The molecule has 0 fully saturated rings. The number of ether oxygens (including phenoxy) is 1. The summed E-state index contributed by atoms with van der Waals surface area (Å²) in [5.41, 5.74) is 5.48. The molecular formula is C29H46O3S. The number of aryl methyl sites for hydroxylation is 2. The highest BCUT2D eigenvalue weighted by atomic mass is 32.2. The van der Waals surface area contributed by atoms with Crippen LogP contribution in [-0.4, -0.2) is 29.0 Å². The van der Waals surface area contributed by atoms with Crippen LogP contribution in [0, 0.1) is 12.3 Å². The zero-order chi connectivity index (χ0) is 24.8. The Kier molecular flexibility index (Phi) is 10.1. The highest BCUT2D eigenvalue weighted by Crippen LogP contribution is 2.52. The summed E-state index contributed by atoms with van der Waals surface area (Å²) in [6.45, 7) is 17.7. The van der Waals surface area contributed by atoms with Crippen LogP contribution in [0.25, 0.3) is 0 Å². The van der Waals surface area contributed by atoms with E-state index in [4.69, 9.17) is 4.74 Å². The van der Waals surface area contributed by atoms with Crippen LogP contribution in [0.1, 0.15) is 104 Å². The second-order valence-electron chi connectivity index (χ2n) is 10.7. The Morgan fingerprint density at radius 2 is 1.82 bits per heavy atom. The number of carbonyl (C=O) groups excluding carboxylic acids is 1. The number of hydrogen-bond donors (Lipinski definition) is 1. The van der Waals surface area contributed by atoms with Crippen molar-refractivity contribution in [3.63, 3.8) is 0 Å². The maximum Gasteiger partial charge on any atom is 0.306 e. The number of esters is 1. The summed E-state index contributed by atoms with van der Waals surface area (Å²) in [6.07, 6.45) is 6.03. The molecule has 4 heteroatoms. The van der Waals surface area contributed by atoms with Crippen molar-refractivity contribution in [3.8, 4) is 0 Å². The molecule has 1 N–H and O–H groups in total. The van der Waals surface area contributed by atoms with Crippen LogP contribution < -0.4 is 0 Å². The van der Waals surface area contributed by atoms with E-state index in [1.165, 1.54) is 27.2 Å². The van der Waals surface area contributed by atoms with Gasteiger partial charge in [-0.2, -0.15) is 0 Å². The van der Waals surface area contributed by atoms with Crippen LogP contribution in [0.3, 0.4) is 0 Å². The third-order valence-corrected chi connectivity index (χ3v) is 9.34. The molecule has 0 amide bonds. The van der Waals surface area contributed by atoms with Gasteiger partial charge >= 0.3 is 5.97 Å². The van der Waals surface area contributed by atoms with Crippen LogP contribution in [-0.2, 0) is 21.4 Å². The van der Waals surface area contributed by atoms with Gasteiger partial charge in [0.2, 0.25) is 0 Å². The molecule has 2 unspecified atom stereocenters. The van der Waals surface area contributed by atoms with Gasteiger partial charge in [-0.15, -0.1) is 11.8 Å². The lowest BCUT2D eigenvalue weighted by atomic mass is 9.71. The van der Waals surface area contributed by atoms with Gasteiger partial charge in [0.1, 0.15) is 0 Å². The molecule has 186 valence electrons. The SMILES string of the molecule is CCOC(=O)CCc1ccc(C(CC)(CC)C2CC(C)=C(CCC(O)C(C)(C)C)S2)cc1C. The van der Waals surface area contributed by atoms with Crippen molar-refractivity contribution in [1.82, 2.24) is 0 Å². The molecule has 1 aliphatic rings. The van der Waals surface area contributed by atoms with Gasteiger partial charge in [-0.3, -0.25) is 4.79 Å². The molecule has 0 radical (unpaired) electrons. The summed E-state index contributed by atoms with van der Waals surface area (Å²) >= 11 is 2.06. The average molecular weight is 475 g/mol. The van der Waals surface area contributed by atoms with Gasteiger partial charge in [0.05, 0.1) is 12.7 Å². The lowest BCUT2D eigenvalue weighted by Gasteiger charge is -2.39. The standard InChI is InChI=1S/C29H46O3S/c1-9-29(10-2,23-14-12-22(20(4)18-23)13-17-27(31)32-11-3)26-19-21(5)24(33-26)15-16-25(30)28(6,7)8/h12,14,18,25-26,30H,9-11,13,15-17,19H2,1-8H3. The minimum absolute atomic E-state index is 0.0692. The third-order valence-electron chi connectivity index (χ3n) is 7.60. The van der Waals surface area contributed by atoms with E-state index in [9.17, 15) is 9.90 Å². The number of thioether (sulfide) groups is 1. The van der Waals surface area contributed by atoms with Crippen molar-refractivity contribution < 1.29 is 14.6 Å². The minimum Gasteiger partial charge on any atom is -0.466 e. The van der Waals surface area contributed by atoms with Crippen LogP contribution >= 0.6 is 11.8 Å². The number of carbonyl (C=O) groups is 1. The smallest absolute Gasteiger partial charge is 0.306 e. The molecule has 0 bridgehead atoms. The summed E-state index contributed by atoms with van der Waals surface area (Å²) in [7, 11) is 0. The van der Waals surface area contributed by atoms with Crippen LogP contribution in [0.2, 0.25) is 0 Å². The van der Waals surface area contributed by atoms with E-state index < -0.39 is 0 Å². The zero-order valence-electron chi connectivity index (χ0n) is 22.2. The number of benzene rings is 1. The Hall–Kier alpha value is -1.26. The predicted octanol–water partition coefficient (Wildman–Crippen LogP) is 7.52. The van der Waals surface area contributed by atoms with Crippen molar-refractivity contribution in [3.05, 3.63) is 45.4 Å². The Bertz CT molecular complexity index is 830. The van der Waals surface area contributed by atoms with Gasteiger partial charge in [0, 0.05) is 17.1 Å². The quantitative estimate of drug-likeness (QED) is 0.337. The summed E-state index contributed by atoms with van der Waals surface area (Å²) < 4.78 is 5.09. The summed E-state index contributed by atoms with van der Waals surface area (Å²) in [5.74, 6) is -0.120. The van der Waals surface area contributed by atoms with Crippen LogP contribution in [0.4, 0.5) is 0 Å². The molecule has 0 aromatic heterocycles. The molecule has 1 aromatic carbocycles. The number of allylic oxidation sites excluding steroid dienone is 2. The fourth-order valence-corrected chi connectivity index (χ4v) is 6.93. The topological polar surface area (TPSA) is 46.5 Å². The van der Waals surface area contributed by atoms with E-state index in [1.807, 2.05) is 6.92 Å². The first-order chi connectivity index (χ1) is 15.5. The average Bonchev–Trinajstić information content (AvgIpc) is 3.13. The van der Waals surface area contributed by atoms with Gasteiger partial charge in [-0.1, -0.05) is 58.4 Å². The maximum absolute atomic E-state index is 11.8. The predicted molar refractivity (Wildman–Crippen MR) is 142 cm³/mol. The van der Waals surface area contributed by atoms with Gasteiger partial charge in [-0.05, 0) is 86.3 Å². The van der Waals surface area contributed by atoms with E-state index in [-0.39, 0.29) is 22.9 Å². The van der Waals surface area contributed by atoms with Crippen molar-refractivity contribution in [1.29, 1.82) is 0 Å². The summed E-state index contributed by atoms with van der Waals surface area (Å²) in [4.78, 5) is 13.3. The van der Waals surface area contributed by atoms with E-state index >= 15 is 0 Å². The van der Waals surface area contributed by atoms with E-state index in [2.05, 4.69) is 78.4 Å². The molecular weight excluding hydrogens is 428 g/mol. The molecule has 0 saturated heterocycles. The van der Waals surface area contributed by atoms with E-state index in [0.29, 0.717) is 18.3 Å². The first-order valence-electron chi connectivity index (χ1n) is 12.8. The first-order valence-corrected chi connectivity index (χ1v) is 13.6. The third kappa shape index (κ3) is 6.88. The minimum atomic E-state index is -0.274. The monoisotopic (exact) mass is 474 g/mol. The largest absolute Gasteiger partial charge is 0.466 e. The molecule has 1 aliphatic heterocycles. The molecule has 0 saturated carbocycles. The van der Waals surface area contributed by atoms with Crippen molar-refractivity contribution >= 4 is 17.7 Å². The molecule has 0 aliphatic carbocycles. The highest BCUT2D eigenvalue weighted by molar-refractivity contribution is 8.04. The maximum atomic E-state index is 11.8. The van der Waals surface area contributed by atoms with E-state index in [1.54, 1.807) is 0 Å². The number of hydrogen-bond acceptors (Lipinski definition) is 4. The van der Waals surface area contributed by atoms with Gasteiger partial charge < -0.3 is 9.84 Å². The number of rotatable bonds is 11. The number of aliphatic hydroxyl groups is 1. The van der Waals surface area contributed by atoms with Gasteiger partial charge in [0.25, 0.3) is 0 Å². The van der Waals surface area contributed by atoms with Gasteiger partial charge in [-0.25, -0.2) is 0 Å². The Morgan fingerprint density at radius 1 is 1.15 bits per heavy atom. The molecule has 33 heavy (non-hydrogen) atoms. The molecule has 0 spiro atoms. The van der Waals surface area contributed by atoms with Crippen molar-refractivity contribution in [2.75, 3.05) is 6.61 Å². The first kappa shape index (κ1) is 28.0. The lowest BCUT2D eigenvalue weighted by molar-refractivity contribution is -0.143. The second kappa shape index (κ2) is 11.9. The van der Waals surface area contributed by atoms with Crippen LogP contribution in [0.5, 0.6) is 0 Å². The fraction of sp³-hybridized carbons (Fsp3) is 0.690.